The Balaban J connectivity index is 1.25. The van der Waals surface area contributed by atoms with E-state index >= 15 is 0 Å². The van der Waals surface area contributed by atoms with Crippen molar-refractivity contribution in [3.05, 3.63) is 71.0 Å². The number of rotatable bonds is 6. The second-order valence-electron chi connectivity index (χ2n) is 9.68. The van der Waals surface area contributed by atoms with Crippen molar-refractivity contribution in [1.29, 1.82) is 0 Å². The van der Waals surface area contributed by atoms with E-state index in [1.165, 1.54) is 0 Å². The molecule has 2 aliphatic rings. The van der Waals surface area contributed by atoms with Gasteiger partial charge in [0.15, 0.2) is 0 Å². The molecule has 0 bridgehead atoms. The first-order valence-corrected chi connectivity index (χ1v) is 12.2. The van der Waals surface area contributed by atoms with Gasteiger partial charge in [-0.2, -0.15) is 0 Å². The minimum absolute atomic E-state index is 0.103. The van der Waals surface area contributed by atoms with Gasteiger partial charge in [0.05, 0.1) is 0 Å². The normalized spacial score (nSPS) is 23.8. The number of aromatic amines is 2. The molecule has 0 radical (unpaired) electrons. The number of aromatic nitrogens is 2. The van der Waals surface area contributed by atoms with Crippen LogP contribution in [0.5, 0.6) is 0 Å². The number of carboxylic acid groups (broad SMARTS) is 2. The van der Waals surface area contributed by atoms with Crippen molar-refractivity contribution < 1.29 is 19.8 Å². The van der Waals surface area contributed by atoms with Gasteiger partial charge in [0.1, 0.15) is 12.1 Å². The third-order valence-corrected chi connectivity index (χ3v) is 7.59. The third-order valence-electron chi connectivity index (χ3n) is 7.59. The molecule has 6 rings (SSSR count). The summed E-state index contributed by atoms with van der Waals surface area (Å²) < 4.78 is 0. The van der Waals surface area contributed by atoms with Crippen molar-refractivity contribution in [2.45, 2.75) is 56.3 Å². The molecule has 4 heterocycles. The van der Waals surface area contributed by atoms with E-state index in [0.29, 0.717) is 12.8 Å². The fraction of sp³-hybridized carbons (Fsp3) is 0.333. The second kappa shape index (κ2) is 8.55. The van der Waals surface area contributed by atoms with Gasteiger partial charge < -0.3 is 20.2 Å². The quantitative estimate of drug-likeness (QED) is 0.253. The van der Waals surface area contributed by atoms with Crippen LogP contribution in [0.3, 0.4) is 0 Å². The smallest absolute Gasteiger partial charge is 0.321 e. The Morgan fingerprint density at radius 3 is 1.57 bits per heavy atom. The number of carbonyl (C=O) groups is 2. The molecule has 2 aromatic heterocycles. The molecule has 4 aromatic rings. The Hall–Kier alpha value is -3.62. The highest BCUT2D eigenvalue weighted by atomic mass is 16.4. The molecule has 180 valence electrons. The average molecular weight is 473 g/mol. The number of hydrogen-bond acceptors (Lipinski definition) is 4. The Labute approximate surface area is 201 Å². The maximum Gasteiger partial charge on any atom is 0.321 e. The molecular weight excluding hydrogens is 444 g/mol. The van der Waals surface area contributed by atoms with Crippen LogP contribution in [0.15, 0.2) is 48.5 Å². The van der Waals surface area contributed by atoms with Crippen molar-refractivity contribution >= 4 is 33.7 Å². The van der Waals surface area contributed by atoms with Crippen LogP contribution in [0, 0.1) is 0 Å². The molecule has 8 heteroatoms. The molecule has 2 aromatic carbocycles. The summed E-state index contributed by atoms with van der Waals surface area (Å²) in [6.07, 6.45) is 3.20. The molecule has 0 saturated carbocycles. The minimum atomic E-state index is -0.841. The minimum Gasteiger partial charge on any atom is -0.480 e. The molecule has 0 amide bonds. The lowest BCUT2D eigenvalue weighted by Gasteiger charge is -2.31. The maximum absolute atomic E-state index is 11.9. The number of fused-ring (bicyclic) bond motifs is 6. The lowest BCUT2D eigenvalue weighted by atomic mass is 9.89. The van der Waals surface area contributed by atoms with Crippen molar-refractivity contribution in [3.63, 3.8) is 0 Å². The number of carboxylic acids is 2. The van der Waals surface area contributed by atoms with E-state index in [-0.39, 0.29) is 12.1 Å². The summed E-state index contributed by atoms with van der Waals surface area (Å²) in [7, 11) is 0. The highest BCUT2D eigenvalue weighted by Crippen LogP contribution is 2.37. The van der Waals surface area contributed by atoms with Crippen LogP contribution >= 0.6 is 0 Å². The van der Waals surface area contributed by atoms with Gasteiger partial charge in [-0.3, -0.25) is 20.2 Å². The van der Waals surface area contributed by atoms with Crippen LogP contribution in [0.2, 0.25) is 0 Å². The van der Waals surface area contributed by atoms with Crippen molar-refractivity contribution in [2.24, 2.45) is 0 Å². The zero-order valence-corrected chi connectivity index (χ0v) is 19.2. The third kappa shape index (κ3) is 3.79. The van der Waals surface area contributed by atoms with Gasteiger partial charge in [-0.25, -0.2) is 0 Å². The monoisotopic (exact) mass is 472 g/mol. The molecule has 0 aliphatic carbocycles. The average Bonchev–Trinajstić information content (AvgIpc) is 3.42. The second-order valence-corrected chi connectivity index (χ2v) is 9.68. The van der Waals surface area contributed by atoms with Gasteiger partial charge in [-0.15, -0.1) is 0 Å². The summed E-state index contributed by atoms with van der Waals surface area (Å²) in [4.78, 5) is 30.8. The van der Waals surface area contributed by atoms with Crippen molar-refractivity contribution in [1.82, 2.24) is 20.6 Å². The van der Waals surface area contributed by atoms with Crippen molar-refractivity contribution in [3.8, 4) is 0 Å². The molecule has 0 spiro atoms. The topological polar surface area (TPSA) is 130 Å². The van der Waals surface area contributed by atoms with E-state index in [4.69, 9.17) is 0 Å². The Kier molecular flexibility index (Phi) is 5.35. The van der Waals surface area contributed by atoms with Crippen LogP contribution in [0.4, 0.5) is 0 Å². The largest absolute Gasteiger partial charge is 0.480 e. The van der Waals surface area contributed by atoms with Crippen LogP contribution in [-0.4, -0.2) is 44.2 Å². The SMILES string of the molecule is O=C(O)C1Cc2c([nH]c3ccccc23)C(CCCC2NC(C(=O)O)Cc3c2[nH]c2ccccc32)N1. The molecule has 0 saturated heterocycles. The highest BCUT2D eigenvalue weighted by Gasteiger charge is 2.35. The van der Waals surface area contributed by atoms with Crippen LogP contribution < -0.4 is 10.6 Å². The molecule has 4 unspecified atom stereocenters. The standard InChI is InChI=1S/C27H28N4O4/c32-26(33)22-12-16-14-6-1-3-8-18(14)30-24(16)20(28-22)10-5-11-21-25-17(13-23(29-21)27(34)35)15-7-2-4-9-19(15)31-25/h1-4,6-9,20-23,28-31H,5,10-13H2,(H,32,33)(H,34,35). The number of benzene rings is 2. The highest BCUT2D eigenvalue weighted by molar-refractivity contribution is 5.87. The molecular formula is C27H28N4O4. The predicted octanol–water partition coefficient (Wildman–Crippen LogP) is 3.80. The predicted molar refractivity (Wildman–Crippen MR) is 132 cm³/mol. The van der Waals surface area contributed by atoms with Gasteiger partial charge in [0.25, 0.3) is 0 Å². The first-order chi connectivity index (χ1) is 17.0. The van der Waals surface area contributed by atoms with E-state index < -0.39 is 24.0 Å². The summed E-state index contributed by atoms with van der Waals surface area (Å²) in [6, 6.07) is 14.6. The molecule has 35 heavy (non-hydrogen) atoms. The zero-order chi connectivity index (χ0) is 24.1. The van der Waals surface area contributed by atoms with Gasteiger partial charge in [0.2, 0.25) is 0 Å². The van der Waals surface area contributed by atoms with Gasteiger partial charge in [0, 0.05) is 58.1 Å². The molecule has 2 aliphatic heterocycles. The van der Waals surface area contributed by atoms with Crippen LogP contribution in [0.25, 0.3) is 21.8 Å². The van der Waals surface area contributed by atoms with Crippen LogP contribution in [-0.2, 0) is 22.4 Å². The summed E-state index contributed by atoms with van der Waals surface area (Å²) in [5.41, 5.74) is 6.34. The van der Waals surface area contributed by atoms with Gasteiger partial charge in [-0.1, -0.05) is 36.4 Å². The Bertz CT molecular complexity index is 1330. The molecule has 8 nitrogen and oxygen atoms in total. The van der Waals surface area contributed by atoms with Gasteiger partial charge >= 0.3 is 11.9 Å². The molecule has 0 fully saturated rings. The Morgan fingerprint density at radius 1 is 0.714 bits per heavy atom. The lowest BCUT2D eigenvalue weighted by Crippen LogP contribution is -2.45. The summed E-state index contributed by atoms with van der Waals surface area (Å²) >= 11 is 0. The number of aliphatic carboxylic acids is 2. The number of nitrogens with one attached hydrogen (secondary N) is 4. The molecule has 6 N–H and O–H groups in total. The number of hydrogen-bond donors (Lipinski definition) is 6. The zero-order valence-electron chi connectivity index (χ0n) is 19.2. The Morgan fingerprint density at radius 2 is 1.14 bits per heavy atom. The van der Waals surface area contributed by atoms with E-state index in [9.17, 15) is 19.8 Å². The van der Waals surface area contributed by atoms with E-state index in [1.807, 2.05) is 48.5 Å². The van der Waals surface area contributed by atoms with E-state index in [1.54, 1.807) is 0 Å². The summed E-state index contributed by atoms with van der Waals surface area (Å²) in [5.74, 6) is -1.68. The van der Waals surface area contributed by atoms with Gasteiger partial charge in [-0.05, 0) is 42.5 Å². The van der Waals surface area contributed by atoms with Crippen LogP contribution in [0.1, 0.15) is 53.9 Å². The fourth-order valence-electron chi connectivity index (χ4n) is 5.95. The first kappa shape index (κ1) is 21.9. The van der Waals surface area contributed by atoms with E-state index in [2.05, 4.69) is 20.6 Å². The van der Waals surface area contributed by atoms with Crippen molar-refractivity contribution in [2.75, 3.05) is 0 Å². The first-order valence-electron chi connectivity index (χ1n) is 12.2. The van der Waals surface area contributed by atoms with E-state index in [0.717, 1.165) is 63.6 Å². The molecule has 4 atom stereocenters. The lowest BCUT2D eigenvalue weighted by molar-refractivity contribution is -0.140. The maximum atomic E-state index is 11.9. The number of H-pyrrole nitrogens is 2. The number of para-hydroxylation sites is 2. The summed E-state index contributed by atoms with van der Waals surface area (Å²) in [6.45, 7) is 0. The summed E-state index contributed by atoms with van der Waals surface area (Å²) in [5, 5.41) is 28.3. The fourth-order valence-corrected chi connectivity index (χ4v) is 5.95.